The Balaban J connectivity index is 1.72. The van der Waals surface area contributed by atoms with Crippen LogP contribution in [0.15, 0.2) is 4.90 Å². The van der Waals surface area contributed by atoms with Crippen molar-refractivity contribution in [1.82, 2.24) is 0 Å². The second kappa shape index (κ2) is 5.57. The lowest BCUT2D eigenvalue weighted by atomic mass is 9.55. The van der Waals surface area contributed by atoms with Gasteiger partial charge in [-0.3, -0.25) is 4.55 Å². The summed E-state index contributed by atoms with van der Waals surface area (Å²) in [6.45, 7) is 0. The molecule has 0 saturated heterocycles. The van der Waals surface area contributed by atoms with Crippen molar-refractivity contribution >= 4 is 10.1 Å². The molecule has 4 fully saturated rings. The minimum Gasteiger partial charge on any atom is -0.484 e. The third-order valence-corrected chi connectivity index (χ3v) is 6.71. The summed E-state index contributed by atoms with van der Waals surface area (Å²) < 4.78 is 92.3. The molecule has 0 aliphatic heterocycles. The zero-order valence-corrected chi connectivity index (χ0v) is 13.8. The number of ether oxygens (including phenoxy) is 1. The molecule has 25 heavy (non-hydrogen) atoms. The van der Waals surface area contributed by atoms with E-state index in [0.717, 1.165) is 32.1 Å². The van der Waals surface area contributed by atoms with E-state index in [1.54, 1.807) is 0 Å². The maximum absolute atomic E-state index is 14.2. The maximum Gasteiger partial charge on any atom is 0.300 e. The first-order valence-electron chi connectivity index (χ1n) is 8.16. The van der Waals surface area contributed by atoms with Gasteiger partial charge in [-0.25, -0.2) is 8.78 Å². The van der Waals surface area contributed by atoms with E-state index in [4.69, 9.17) is 9.29 Å². The number of benzene rings is 1. The summed E-state index contributed by atoms with van der Waals surface area (Å²) in [6, 6.07) is 0. The van der Waals surface area contributed by atoms with Crippen LogP contribution in [0.25, 0.3) is 0 Å². The average Bonchev–Trinajstić information content (AvgIpc) is 2.50. The van der Waals surface area contributed by atoms with E-state index in [1.165, 1.54) is 0 Å². The molecule has 0 heterocycles. The van der Waals surface area contributed by atoms with Gasteiger partial charge in [-0.1, -0.05) is 0 Å². The van der Waals surface area contributed by atoms with Gasteiger partial charge in [0.05, 0.1) is 0 Å². The van der Waals surface area contributed by atoms with Gasteiger partial charge >= 0.3 is 10.1 Å². The van der Waals surface area contributed by atoms with Crippen LogP contribution >= 0.6 is 0 Å². The van der Waals surface area contributed by atoms with Gasteiger partial charge in [-0.15, -0.1) is 0 Å². The summed E-state index contributed by atoms with van der Waals surface area (Å²) in [5.41, 5.74) is 0. The van der Waals surface area contributed by atoms with Crippen molar-refractivity contribution in [3.63, 3.8) is 0 Å². The van der Waals surface area contributed by atoms with Gasteiger partial charge in [-0.05, 0) is 55.8 Å². The van der Waals surface area contributed by atoms with Gasteiger partial charge in [0, 0.05) is 0 Å². The van der Waals surface area contributed by atoms with Gasteiger partial charge < -0.3 is 4.74 Å². The molecule has 4 aliphatic carbocycles. The van der Waals surface area contributed by atoms with Crippen molar-refractivity contribution in [1.29, 1.82) is 0 Å². The van der Waals surface area contributed by atoms with E-state index in [-0.39, 0.29) is 11.8 Å². The van der Waals surface area contributed by atoms with E-state index < -0.39 is 50.1 Å². The first-order chi connectivity index (χ1) is 11.7. The zero-order chi connectivity index (χ0) is 18.1. The third-order valence-electron chi connectivity index (χ3n) is 5.83. The molecule has 0 atom stereocenters. The van der Waals surface area contributed by atoms with Crippen LogP contribution in [0.5, 0.6) is 5.75 Å². The Morgan fingerprint density at radius 2 is 1.24 bits per heavy atom. The van der Waals surface area contributed by atoms with E-state index >= 15 is 0 Å². The molecular formula is C16H16F4O4S. The summed E-state index contributed by atoms with van der Waals surface area (Å²) in [7, 11) is -5.46. The molecule has 9 heteroatoms. The molecule has 0 spiro atoms. The molecule has 4 saturated carbocycles. The number of rotatable bonds is 3. The molecule has 1 aromatic carbocycles. The maximum atomic E-state index is 14.2. The normalized spacial score (nSPS) is 33.7. The van der Waals surface area contributed by atoms with Crippen molar-refractivity contribution in [2.45, 2.75) is 43.1 Å². The van der Waals surface area contributed by atoms with Crippen molar-refractivity contribution in [2.24, 2.45) is 23.7 Å². The third kappa shape index (κ3) is 2.63. The highest BCUT2D eigenvalue weighted by atomic mass is 32.2. The lowest BCUT2D eigenvalue weighted by Crippen LogP contribution is -2.50. The summed E-state index contributed by atoms with van der Waals surface area (Å²) >= 11 is 0. The molecule has 4 nitrogen and oxygen atoms in total. The Labute approximate surface area is 141 Å². The van der Waals surface area contributed by atoms with Crippen LogP contribution in [-0.2, 0) is 10.1 Å². The number of hydrogen-bond donors (Lipinski definition) is 1. The molecule has 4 bridgehead atoms. The highest BCUT2D eigenvalue weighted by Gasteiger charge is 2.50. The molecule has 0 aromatic heterocycles. The van der Waals surface area contributed by atoms with Crippen LogP contribution in [0.4, 0.5) is 17.6 Å². The Hall–Kier alpha value is -1.35. The van der Waals surface area contributed by atoms with Crippen LogP contribution in [0.2, 0.25) is 0 Å². The van der Waals surface area contributed by atoms with Gasteiger partial charge in [0.25, 0.3) is 0 Å². The van der Waals surface area contributed by atoms with Crippen molar-refractivity contribution in [2.75, 3.05) is 0 Å². The summed E-state index contributed by atoms with van der Waals surface area (Å²) in [6.07, 6.45) is 4.02. The van der Waals surface area contributed by atoms with E-state index in [1.807, 2.05) is 0 Å². The van der Waals surface area contributed by atoms with E-state index in [9.17, 15) is 26.0 Å². The Morgan fingerprint density at radius 3 is 1.64 bits per heavy atom. The number of hydrogen-bond acceptors (Lipinski definition) is 3. The smallest absolute Gasteiger partial charge is 0.300 e. The fourth-order valence-corrected chi connectivity index (χ4v) is 5.76. The number of halogens is 4. The fourth-order valence-electron chi connectivity index (χ4n) is 5.13. The Bertz CT molecular complexity index is 782. The van der Waals surface area contributed by atoms with Gasteiger partial charge in [-0.2, -0.15) is 17.2 Å². The highest BCUT2D eigenvalue weighted by Crippen LogP contribution is 2.55. The lowest BCUT2D eigenvalue weighted by molar-refractivity contribution is -0.0817. The van der Waals surface area contributed by atoms with Gasteiger partial charge in [0.1, 0.15) is 6.10 Å². The minimum absolute atomic E-state index is 0.0717. The predicted molar refractivity (Wildman–Crippen MR) is 77.5 cm³/mol. The molecule has 0 amide bonds. The predicted octanol–water partition coefficient (Wildman–Crippen LogP) is 3.69. The first kappa shape index (κ1) is 17.1. The molecule has 5 rings (SSSR count). The zero-order valence-electron chi connectivity index (χ0n) is 13.0. The fraction of sp³-hybridized carbons (Fsp3) is 0.625. The van der Waals surface area contributed by atoms with E-state index in [2.05, 4.69) is 0 Å². The summed E-state index contributed by atoms with van der Waals surface area (Å²) in [5, 5.41) is 0. The topological polar surface area (TPSA) is 63.6 Å². The summed E-state index contributed by atoms with van der Waals surface area (Å²) in [4.78, 5) is -2.04. The highest BCUT2D eigenvalue weighted by molar-refractivity contribution is 7.85. The molecule has 138 valence electrons. The van der Waals surface area contributed by atoms with Gasteiger partial charge in [0.2, 0.25) is 11.6 Å². The van der Waals surface area contributed by atoms with E-state index in [0.29, 0.717) is 11.8 Å². The Morgan fingerprint density at radius 1 is 0.800 bits per heavy atom. The molecule has 1 aromatic rings. The van der Waals surface area contributed by atoms with Crippen LogP contribution in [-0.4, -0.2) is 19.1 Å². The largest absolute Gasteiger partial charge is 0.484 e. The standard InChI is InChI=1S/C16H16F4O4S/c17-10-12(19)16(25(21,22)23)13(20)11(18)15(10)24-14-8-2-6-1-7(4-8)5-9(14)3-6/h6-9,14H,1-5H2,(H,21,22,23). The average molecular weight is 380 g/mol. The second-order valence-electron chi connectivity index (χ2n) is 7.40. The molecule has 0 radical (unpaired) electrons. The minimum atomic E-state index is -5.46. The first-order valence-corrected chi connectivity index (χ1v) is 9.60. The lowest BCUT2D eigenvalue weighted by Gasteiger charge is -2.53. The second-order valence-corrected chi connectivity index (χ2v) is 8.76. The van der Waals surface area contributed by atoms with Crippen LogP contribution in [0.1, 0.15) is 32.1 Å². The van der Waals surface area contributed by atoms with Crippen LogP contribution < -0.4 is 4.74 Å². The quantitative estimate of drug-likeness (QED) is 0.494. The molecular weight excluding hydrogens is 364 g/mol. The molecule has 4 aliphatic rings. The van der Waals surface area contributed by atoms with Crippen molar-refractivity contribution in [3.8, 4) is 5.75 Å². The van der Waals surface area contributed by atoms with Crippen molar-refractivity contribution < 1.29 is 35.3 Å². The SMILES string of the molecule is O=S(=O)(O)c1c(F)c(F)c(OC2C3CC4CC(C3)CC2C4)c(F)c1F. The Kier molecular flexibility index (Phi) is 3.81. The molecule has 1 N–H and O–H groups in total. The summed E-state index contributed by atoms with van der Waals surface area (Å²) in [5.74, 6) is -8.23. The van der Waals surface area contributed by atoms with Crippen LogP contribution in [0, 0.1) is 46.9 Å². The van der Waals surface area contributed by atoms with Crippen LogP contribution in [0.3, 0.4) is 0 Å². The van der Waals surface area contributed by atoms with Gasteiger partial charge in [0.15, 0.2) is 22.3 Å². The van der Waals surface area contributed by atoms with Crippen molar-refractivity contribution in [3.05, 3.63) is 23.3 Å². The monoisotopic (exact) mass is 380 g/mol. The molecule has 0 unspecified atom stereocenters.